The van der Waals surface area contributed by atoms with Crippen molar-refractivity contribution in [3.05, 3.63) is 0 Å². The van der Waals surface area contributed by atoms with Crippen LogP contribution < -0.4 is 5.73 Å². The lowest BCUT2D eigenvalue weighted by atomic mass is 9.78. The molecule has 3 unspecified atom stereocenters. The minimum absolute atomic E-state index is 0.460. The van der Waals surface area contributed by atoms with Crippen LogP contribution in [0.3, 0.4) is 0 Å². The van der Waals surface area contributed by atoms with Gasteiger partial charge in [0.15, 0.2) is 0 Å². The summed E-state index contributed by atoms with van der Waals surface area (Å²) in [7, 11) is 0. The standard InChI is InChI=1S/C15H30N2/c1-3-17(10-13-5-4-6-13)11-14-9-12(2)7-8-15(14)16/h12-15H,3-11,16H2,1-2H3. The van der Waals surface area contributed by atoms with Gasteiger partial charge in [0.25, 0.3) is 0 Å². The van der Waals surface area contributed by atoms with Crippen molar-refractivity contribution in [2.45, 2.75) is 58.4 Å². The second kappa shape index (κ2) is 6.19. The van der Waals surface area contributed by atoms with Gasteiger partial charge in [0.2, 0.25) is 0 Å². The summed E-state index contributed by atoms with van der Waals surface area (Å²) >= 11 is 0. The van der Waals surface area contributed by atoms with Crippen LogP contribution in [-0.2, 0) is 0 Å². The quantitative estimate of drug-likeness (QED) is 0.798. The Morgan fingerprint density at radius 3 is 2.47 bits per heavy atom. The monoisotopic (exact) mass is 238 g/mol. The van der Waals surface area contributed by atoms with Gasteiger partial charge in [0.1, 0.15) is 0 Å². The summed E-state index contributed by atoms with van der Waals surface area (Å²) < 4.78 is 0. The van der Waals surface area contributed by atoms with Crippen molar-refractivity contribution < 1.29 is 0 Å². The Kier molecular flexibility index (Phi) is 4.87. The van der Waals surface area contributed by atoms with Gasteiger partial charge in [-0.2, -0.15) is 0 Å². The number of nitrogens with zero attached hydrogens (tertiary/aromatic N) is 1. The van der Waals surface area contributed by atoms with E-state index in [-0.39, 0.29) is 0 Å². The molecule has 100 valence electrons. The maximum absolute atomic E-state index is 6.29. The molecule has 0 saturated heterocycles. The zero-order valence-electron chi connectivity index (χ0n) is 11.7. The van der Waals surface area contributed by atoms with Gasteiger partial charge in [-0.1, -0.05) is 20.3 Å². The summed E-state index contributed by atoms with van der Waals surface area (Å²) in [4.78, 5) is 2.66. The van der Waals surface area contributed by atoms with Gasteiger partial charge < -0.3 is 10.6 Å². The third-order valence-electron chi connectivity index (χ3n) is 4.98. The summed E-state index contributed by atoms with van der Waals surface area (Å²) in [6, 6.07) is 0.460. The van der Waals surface area contributed by atoms with Gasteiger partial charge in [-0.25, -0.2) is 0 Å². The topological polar surface area (TPSA) is 29.3 Å². The lowest BCUT2D eigenvalue weighted by Crippen LogP contribution is -2.44. The normalized spacial score (nSPS) is 34.9. The molecule has 2 nitrogen and oxygen atoms in total. The SMILES string of the molecule is CCN(CC1CCC1)CC1CC(C)CCC1N. The van der Waals surface area contributed by atoms with Crippen LogP contribution in [0.2, 0.25) is 0 Å². The summed E-state index contributed by atoms with van der Waals surface area (Å²) in [6.07, 6.45) is 8.32. The van der Waals surface area contributed by atoms with Crippen LogP contribution in [0, 0.1) is 17.8 Å². The Morgan fingerprint density at radius 2 is 1.88 bits per heavy atom. The smallest absolute Gasteiger partial charge is 0.00795 e. The van der Waals surface area contributed by atoms with Crippen molar-refractivity contribution in [3.63, 3.8) is 0 Å². The molecular formula is C15H30N2. The fourth-order valence-corrected chi connectivity index (χ4v) is 3.44. The third-order valence-corrected chi connectivity index (χ3v) is 4.98. The molecule has 0 heterocycles. The van der Waals surface area contributed by atoms with Crippen LogP contribution in [-0.4, -0.2) is 30.6 Å². The molecule has 0 bridgehead atoms. The Labute approximate surface area is 107 Å². The third kappa shape index (κ3) is 3.69. The fraction of sp³-hybridized carbons (Fsp3) is 1.00. The Morgan fingerprint density at radius 1 is 1.12 bits per heavy atom. The van der Waals surface area contributed by atoms with E-state index >= 15 is 0 Å². The Hall–Kier alpha value is -0.0800. The summed E-state index contributed by atoms with van der Waals surface area (Å²) in [5.74, 6) is 2.63. The molecule has 2 aliphatic rings. The molecule has 2 fully saturated rings. The lowest BCUT2D eigenvalue weighted by Gasteiger charge is -2.38. The van der Waals surface area contributed by atoms with Crippen molar-refractivity contribution in [2.24, 2.45) is 23.5 Å². The molecule has 2 saturated carbocycles. The van der Waals surface area contributed by atoms with Crippen LogP contribution in [0.5, 0.6) is 0 Å². The first kappa shape index (κ1) is 13.4. The molecule has 0 aromatic rings. The van der Waals surface area contributed by atoms with E-state index in [1.165, 1.54) is 58.2 Å². The second-order valence-corrected chi connectivity index (χ2v) is 6.49. The van der Waals surface area contributed by atoms with Gasteiger partial charge in [-0.3, -0.25) is 0 Å². The molecule has 0 radical (unpaired) electrons. The van der Waals surface area contributed by atoms with Crippen LogP contribution in [0.4, 0.5) is 0 Å². The maximum Gasteiger partial charge on any atom is 0.00795 e. The first-order chi connectivity index (χ1) is 8.19. The molecule has 0 aromatic heterocycles. The van der Waals surface area contributed by atoms with E-state index < -0.39 is 0 Å². The predicted molar refractivity (Wildman–Crippen MR) is 73.9 cm³/mol. The van der Waals surface area contributed by atoms with Gasteiger partial charge >= 0.3 is 0 Å². The van der Waals surface area contributed by atoms with Gasteiger partial charge in [-0.15, -0.1) is 0 Å². The molecule has 0 aromatic carbocycles. The average molecular weight is 238 g/mol. The lowest BCUT2D eigenvalue weighted by molar-refractivity contribution is 0.129. The van der Waals surface area contributed by atoms with E-state index in [9.17, 15) is 0 Å². The first-order valence-electron chi connectivity index (χ1n) is 7.67. The molecule has 2 heteroatoms. The highest BCUT2D eigenvalue weighted by Gasteiger charge is 2.28. The molecule has 0 amide bonds. The summed E-state index contributed by atoms with van der Waals surface area (Å²) in [6.45, 7) is 8.47. The fourth-order valence-electron chi connectivity index (χ4n) is 3.44. The number of hydrogen-bond donors (Lipinski definition) is 1. The average Bonchev–Trinajstić information content (AvgIpc) is 2.26. The highest BCUT2D eigenvalue weighted by molar-refractivity contribution is 4.84. The molecule has 17 heavy (non-hydrogen) atoms. The van der Waals surface area contributed by atoms with Crippen LogP contribution in [0.15, 0.2) is 0 Å². The van der Waals surface area contributed by atoms with E-state index in [1.807, 2.05) is 0 Å². The van der Waals surface area contributed by atoms with Crippen LogP contribution in [0.25, 0.3) is 0 Å². The Balaban J connectivity index is 1.79. The highest BCUT2D eigenvalue weighted by atomic mass is 15.1. The molecule has 2 aliphatic carbocycles. The van der Waals surface area contributed by atoms with E-state index in [0.29, 0.717) is 6.04 Å². The molecule has 2 N–H and O–H groups in total. The van der Waals surface area contributed by atoms with Crippen LogP contribution >= 0.6 is 0 Å². The minimum Gasteiger partial charge on any atom is -0.327 e. The van der Waals surface area contributed by atoms with Crippen molar-refractivity contribution in [1.82, 2.24) is 4.90 Å². The van der Waals surface area contributed by atoms with Gasteiger partial charge in [-0.05, 0) is 56.4 Å². The molecular weight excluding hydrogens is 208 g/mol. The van der Waals surface area contributed by atoms with Crippen molar-refractivity contribution in [1.29, 1.82) is 0 Å². The van der Waals surface area contributed by atoms with E-state index in [1.54, 1.807) is 0 Å². The number of rotatable bonds is 5. The molecule has 0 aliphatic heterocycles. The molecule has 2 rings (SSSR count). The number of nitrogens with two attached hydrogens (primary N) is 1. The number of hydrogen-bond acceptors (Lipinski definition) is 2. The van der Waals surface area contributed by atoms with Crippen molar-refractivity contribution in [3.8, 4) is 0 Å². The first-order valence-corrected chi connectivity index (χ1v) is 7.67. The summed E-state index contributed by atoms with van der Waals surface area (Å²) in [5.41, 5.74) is 6.29. The second-order valence-electron chi connectivity index (χ2n) is 6.49. The summed E-state index contributed by atoms with van der Waals surface area (Å²) in [5, 5.41) is 0. The van der Waals surface area contributed by atoms with Gasteiger partial charge in [0, 0.05) is 19.1 Å². The van der Waals surface area contributed by atoms with Gasteiger partial charge in [0.05, 0.1) is 0 Å². The largest absolute Gasteiger partial charge is 0.327 e. The van der Waals surface area contributed by atoms with Crippen molar-refractivity contribution >= 4 is 0 Å². The zero-order chi connectivity index (χ0) is 12.3. The molecule has 3 atom stereocenters. The van der Waals surface area contributed by atoms with E-state index in [2.05, 4.69) is 18.7 Å². The maximum atomic E-state index is 6.29. The highest BCUT2D eigenvalue weighted by Crippen LogP contribution is 2.30. The minimum atomic E-state index is 0.460. The van der Waals surface area contributed by atoms with E-state index in [0.717, 1.165) is 17.8 Å². The molecule has 0 spiro atoms. The van der Waals surface area contributed by atoms with Crippen LogP contribution in [0.1, 0.15) is 52.4 Å². The zero-order valence-corrected chi connectivity index (χ0v) is 11.7. The predicted octanol–water partition coefficient (Wildman–Crippen LogP) is 2.87. The Bertz CT molecular complexity index is 225. The van der Waals surface area contributed by atoms with E-state index in [4.69, 9.17) is 5.73 Å². The van der Waals surface area contributed by atoms with Crippen molar-refractivity contribution in [2.75, 3.05) is 19.6 Å².